The van der Waals surface area contributed by atoms with Crippen molar-refractivity contribution in [1.29, 1.82) is 0 Å². The Kier molecular flexibility index (Phi) is 5.47. The number of benzene rings is 1. The number of sulfonamides is 1. The summed E-state index contributed by atoms with van der Waals surface area (Å²) in [6.07, 6.45) is 1.27. The Hall–Kier alpha value is -2.13. The SMILES string of the molecule is COC(=O)CCCC(=O)N[C@H]1C[C@H]2COc3ccccc3S(=O)(=O)N2C1. The number of ether oxygens (including phenoxy) is 2. The van der Waals surface area contributed by atoms with Gasteiger partial charge < -0.3 is 14.8 Å². The molecule has 2 heterocycles. The molecule has 1 fully saturated rings. The Morgan fingerprint density at radius 3 is 2.85 bits per heavy atom. The van der Waals surface area contributed by atoms with Crippen molar-refractivity contribution in [2.75, 3.05) is 20.3 Å². The van der Waals surface area contributed by atoms with Gasteiger partial charge in [-0.05, 0) is 25.0 Å². The van der Waals surface area contributed by atoms with Crippen molar-refractivity contribution in [1.82, 2.24) is 9.62 Å². The smallest absolute Gasteiger partial charge is 0.305 e. The Balaban J connectivity index is 1.61. The molecule has 9 heteroatoms. The maximum Gasteiger partial charge on any atom is 0.305 e. The quantitative estimate of drug-likeness (QED) is 0.751. The normalized spacial score (nSPS) is 23.9. The highest BCUT2D eigenvalue weighted by molar-refractivity contribution is 7.89. The van der Waals surface area contributed by atoms with Gasteiger partial charge in [0, 0.05) is 25.4 Å². The van der Waals surface area contributed by atoms with E-state index in [1.54, 1.807) is 18.2 Å². The number of carbonyl (C=O) groups is 2. The van der Waals surface area contributed by atoms with Crippen molar-refractivity contribution in [2.24, 2.45) is 0 Å². The van der Waals surface area contributed by atoms with Crippen LogP contribution >= 0.6 is 0 Å². The number of nitrogens with one attached hydrogen (secondary N) is 1. The third-order valence-electron chi connectivity index (χ3n) is 4.61. The first-order valence-corrected chi connectivity index (χ1v) is 9.95. The van der Waals surface area contributed by atoms with Crippen LogP contribution in [0.4, 0.5) is 0 Å². The number of rotatable bonds is 5. The van der Waals surface area contributed by atoms with Crippen LogP contribution in [0.3, 0.4) is 0 Å². The molecular formula is C17H22N2O6S. The van der Waals surface area contributed by atoms with Gasteiger partial charge in [-0.2, -0.15) is 4.31 Å². The van der Waals surface area contributed by atoms with E-state index in [2.05, 4.69) is 10.1 Å². The zero-order chi connectivity index (χ0) is 18.7. The molecule has 1 aromatic carbocycles. The van der Waals surface area contributed by atoms with E-state index in [-0.39, 0.29) is 54.8 Å². The third kappa shape index (κ3) is 3.83. The molecule has 0 unspecified atom stereocenters. The lowest BCUT2D eigenvalue weighted by molar-refractivity contribution is -0.140. The van der Waals surface area contributed by atoms with Gasteiger partial charge in [0.15, 0.2) is 0 Å². The van der Waals surface area contributed by atoms with Gasteiger partial charge in [-0.15, -0.1) is 0 Å². The molecule has 2 aliphatic heterocycles. The highest BCUT2D eigenvalue weighted by Crippen LogP contribution is 2.35. The molecule has 0 radical (unpaired) electrons. The molecule has 1 amide bonds. The van der Waals surface area contributed by atoms with Crippen LogP contribution in [0, 0.1) is 0 Å². The Morgan fingerprint density at radius 2 is 2.08 bits per heavy atom. The van der Waals surface area contributed by atoms with Crippen LogP contribution in [-0.4, -0.2) is 56.9 Å². The third-order valence-corrected chi connectivity index (χ3v) is 6.57. The molecule has 0 aliphatic carbocycles. The van der Waals surface area contributed by atoms with Crippen molar-refractivity contribution in [3.8, 4) is 5.75 Å². The molecule has 1 aromatic rings. The van der Waals surface area contributed by atoms with Crippen LogP contribution in [0.1, 0.15) is 25.7 Å². The van der Waals surface area contributed by atoms with E-state index in [9.17, 15) is 18.0 Å². The van der Waals surface area contributed by atoms with E-state index >= 15 is 0 Å². The highest BCUT2D eigenvalue weighted by atomic mass is 32.2. The van der Waals surface area contributed by atoms with E-state index < -0.39 is 10.0 Å². The molecule has 1 saturated heterocycles. The molecule has 142 valence electrons. The van der Waals surface area contributed by atoms with Crippen LogP contribution in [0.2, 0.25) is 0 Å². The van der Waals surface area contributed by atoms with Crippen molar-refractivity contribution >= 4 is 21.9 Å². The summed E-state index contributed by atoms with van der Waals surface area (Å²) in [5.41, 5.74) is 0. The summed E-state index contributed by atoms with van der Waals surface area (Å²) < 4.78 is 37.4. The monoisotopic (exact) mass is 382 g/mol. The van der Waals surface area contributed by atoms with Gasteiger partial charge >= 0.3 is 5.97 Å². The van der Waals surface area contributed by atoms with Gasteiger partial charge in [0.25, 0.3) is 0 Å². The molecule has 0 saturated carbocycles. The molecule has 26 heavy (non-hydrogen) atoms. The number of methoxy groups -OCH3 is 1. The molecule has 0 spiro atoms. The maximum absolute atomic E-state index is 12.9. The zero-order valence-corrected chi connectivity index (χ0v) is 15.3. The van der Waals surface area contributed by atoms with Crippen LogP contribution in [0.15, 0.2) is 29.2 Å². The fraction of sp³-hybridized carbons (Fsp3) is 0.529. The lowest BCUT2D eigenvalue weighted by Gasteiger charge is -2.19. The average molecular weight is 382 g/mol. The minimum Gasteiger partial charge on any atom is -0.490 e. The second-order valence-electron chi connectivity index (χ2n) is 6.42. The molecular weight excluding hydrogens is 360 g/mol. The summed E-state index contributed by atoms with van der Waals surface area (Å²) in [7, 11) is -2.35. The molecule has 2 atom stereocenters. The number of hydrogen-bond acceptors (Lipinski definition) is 6. The van der Waals surface area contributed by atoms with Crippen molar-refractivity contribution in [3.05, 3.63) is 24.3 Å². The van der Waals surface area contributed by atoms with Gasteiger partial charge in [0.1, 0.15) is 17.3 Å². The van der Waals surface area contributed by atoms with Gasteiger partial charge in [0.05, 0.1) is 13.2 Å². The molecule has 3 rings (SSSR count). The standard InChI is InChI=1S/C17H22N2O6S/c1-24-17(21)8-4-7-16(20)18-12-9-13-11-25-14-5-2-3-6-15(14)26(22,23)19(13)10-12/h2-3,5-6,12-13H,4,7-11H2,1H3,(H,18,20)/t12-,13-/m0/s1. The van der Waals surface area contributed by atoms with E-state index in [0.29, 0.717) is 18.6 Å². The second kappa shape index (κ2) is 7.63. The van der Waals surface area contributed by atoms with E-state index in [4.69, 9.17) is 4.74 Å². The van der Waals surface area contributed by atoms with Gasteiger partial charge in [0.2, 0.25) is 15.9 Å². The molecule has 0 bridgehead atoms. The summed E-state index contributed by atoms with van der Waals surface area (Å²) in [5, 5.41) is 2.86. The van der Waals surface area contributed by atoms with E-state index in [1.165, 1.54) is 17.5 Å². The summed E-state index contributed by atoms with van der Waals surface area (Å²) in [4.78, 5) is 23.3. The summed E-state index contributed by atoms with van der Waals surface area (Å²) in [5.74, 6) is -0.186. The molecule has 1 N–H and O–H groups in total. The Morgan fingerprint density at radius 1 is 1.31 bits per heavy atom. The van der Waals surface area contributed by atoms with Crippen LogP contribution in [0.25, 0.3) is 0 Å². The van der Waals surface area contributed by atoms with Crippen LogP contribution in [-0.2, 0) is 24.3 Å². The van der Waals surface area contributed by atoms with Crippen LogP contribution in [0.5, 0.6) is 5.75 Å². The molecule has 2 aliphatic rings. The minimum atomic E-state index is -3.66. The first kappa shape index (κ1) is 18.7. The van der Waals surface area contributed by atoms with Gasteiger partial charge in [-0.1, -0.05) is 12.1 Å². The summed E-state index contributed by atoms with van der Waals surface area (Å²) in [6.45, 7) is 0.471. The molecule has 0 aromatic heterocycles. The molecule has 8 nitrogen and oxygen atoms in total. The number of carbonyl (C=O) groups excluding carboxylic acids is 2. The lowest BCUT2D eigenvalue weighted by atomic mass is 10.1. The Labute approximate surface area is 152 Å². The number of para-hydroxylation sites is 1. The number of nitrogens with zero attached hydrogens (tertiary/aromatic N) is 1. The predicted molar refractivity (Wildman–Crippen MR) is 92.0 cm³/mol. The number of hydrogen-bond donors (Lipinski definition) is 1. The number of amides is 1. The van der Waals surface area contributed by atoms with E-state index in [1.807, 2.05) is 0 Å². The first-order chi connectivity index (χ1) is 12.4. The zero-order valence-electron chi connectivity index (χ0n) is 14.5. The van der Waals surface area contributed by atoms with Crippen LogP contribution < -0.4 is 10.1 Å². The number of esters is 1. The summed E-state index contributed by atoms with van der Waals surface area (Å²) >= 11 is 0. The topological polar surface area (TPSA) is 102 Å². The summed E-state index contributed by atoms with van der Waals surface area (Å²) in [6, 6.07) is 6.00. The predicted octanol–water partition coefficient (Wildman–Crippen LogP) is 0.670. The van der Waals surface area contributed by atoms with Crippen molar-refractivity contribution in [3.63, 3.8) is 0 Å². The van der Waals surface area contributed by atoms with Gasteiger partial charge in [-0.3, -0.25) is 9.59 Å². The minimum absolute atomic E-state index is 0.160. The Bertz CT molecular complexity index is 794. The second-order valence-corrected chi connectivity index (χ2v) is 8.28. The fourth-order valence-electron chi connectivity index (χ4n) is 3.33. The van der Waals surface area contributed by atoms with Crippen molar-refractivity contribution in [2.45, 2.75) is 42.7 Å². The fourth-order valence-corrected chi connectivity index (χ4v) is 5.13. The highest BCUT2D eigenvalue weighted by Gasteiger charge is 2.43. The van der Waals surface area contributed by atoms with E-state index in [0.717, 1.165) is 0 Å². The largest absolute Gasteiger partial charge is 0.490 e. The maximum atomic E-state index is 12.9. The van der Waals surface area contributed by atoms with Gasteiger partial charge in [-0.25, -0.2) is 8.42 Å². The van der Waals surface area contributed by atoms with Crippen molar-refractivity contribution < 1.29 is 27.5 Å². The number of fused-ring (bicyclic) bond motifs is 2. The average Bonchev–Trinajstić information content (AvgIpc) is 2.99. The first-order valence-electron chi connectivity index (χ1n) is 8.51. The lowest BCUT2D eigenvalue weighted by Crippen LogP contribution is -2.39.